The maximum Gasteiger partial charge on any atom is 0.243 e. The number of H-pyrrole nitrogens is 1. The predicted octanol–water partition coefficient (Wildman–Crippen LogP) is 1.20. The lowest BCUT2D eigenvalue weighted by atomic mass is 9.97. The van der Waals surface area contributed by atoms with Crippen LogP contribution in [0.2, 0.25) is 0 Å². The summed E-state index contributed by atoms with van der Waals surface area (Å²) in [5, 5.41) is 12.6. The molecule has 5 rings (SSSR count). The Hall–Kier alpha value is -2.79. The molecule has 2 N–H and O–H groups in total. The summed E-state index contributed by atoms with van der Waals surface area (Å²) in [4.78, 5) is 7.63. The molecule has 4 aromatic rings. The van der Waals surface area contributed by atoms with Gasteiger partial charge >= 0.3 is 0 Å². The van der Waals surface area contributed by atoms with Crippen molar-refractivity contribution in [2.45, 2.75) is 36.6 Å². The van der Waals surface area contributed by atoms with Crippen LogP contribution in [-0.2, 0) is 17.1 Å². The number of rotatable bonds is 4. The van der Waals surface area contributed by atoms with Gasteiger partial charge in [-0.05, 0) is 24.8 Å². The molecular formula is C17H20N8O2S. The molecule has 1 aliphatic rings. The largest absolute Gasteiger partial charge is 0.345 e. The van der Waals surface area contributed by atoms with Gasteiger partial charge < -0.3 is 4.98 Å². The lowest BCUT2D eigenvalue weighted by Gasteiger charge is -2.13. The zero-order valence-electron chi connectivity index (χ0n) is 15.4. The molecule has 0 saturated heterocycles. The van der Waals surface area contributed by atoms with E-state index in [1.807, 2.05) is 16.7 Å². The van der Waals surface area contributed by atoms with Gasteiger partial charge in [-0.1, -0.05) is 6.92 Å². The molecule has 10 nitrogen and oxygen atoms in total. The third kappa shape index (κ3) is 2.69. The first-order chi connectivity index (χ1) is 13.4. The van der Waals surface area contributed by atoms with E-state index in [0.717, 1.165) is 23.4 Å². The number of nitrogens with one attached hydrogen (secondary N) is 2. The molecule has 4 aromatic heterocycles. The van der Waals surface area contributed by atoms with E-state index < -0.39 is 10.0 Å². The lowest BCUT2D eigenvalue weighted by Crippen LogP contribution is -2.33. The van der Waals surface area contributed by atoms with Gasteiger partial charge in [-0.15, -0.1) is 10.2 Å². The summed E-state index contributed by atoms with van der Waals surface area (Å²) >= 11 is 0. The molecule has 0 bridgehead atoms. The fraction of sp³-hybridized carbons (Fsp3) is 0.412. The third-order valence-corrected chi connectivity index (χ3v) is 6.97. The van der Waals surface area contributed by atoms with Crippen LogP contribution < -0.4 is 4.72 Å². The van der Waals surface area contributed by atoms with Gasteiger partial charge in [-0.25, -0.2) is 18.1 Å². The molecule has 0 aliphatic heterocycles. The van der Waals surface area contributed by atoms with E-state index in [-0.39, 0.29) is 22.8 Å². The zero-order chi connectivity index (χ0) is 19.5. The first-order valence-corrected chi connectivity index (χ1v) is 10.6. The van der Waals surface area contributed by atoms with Crippen molar-refractivity contribution in [3.63, 3.8) is 0 Å². The molecule has 1 unspecified atom stereocenters. The molecule has 1 fully saturated rings. The molecule has 1 saturated carbocycles. The molecule has 1 aliphatic carbocycles. The highest BCUT2D eigenvalue weighted by molar-refractivity contribution is 7.89. The monoisotopic (exact) mass is 400 g/mol. The quantitative estimate of drug-likeness (QED) is 0.531. The Kier molecular flexibility index (Phi) is 3.78. The Morgan fingerprint density at radius 2 is 2.11 bits per heavy atom. The lowest BCUT2D eigenvalue weighted by molar-refractivity contribution is 0.505. The highest BCUT2D eigenvalue weighted by Gasteiger charge is 2.37. The van der Waals surface area contributed by atoms with Crippen molar-refractivity contribution in [3.8, 4) is 0 Å². The average molecular weight is 400 g/mol. The third-order valence-electron chi connectivity index (χ3n) is 5.49. The van der Waals surface area contributed by atoms with Crippen molar-refractivity contribution < 1.29 is 8.42 Å². The van der Waals surface area contributed by atoms with Gasteiger partial charge in [0.05, 0.1) is 17.9 Å². The summed E-state index contributed by atoms with van der Waals surface area (Å²) in [7, 11) is -1.90. The predicted molar refractivity (Wildman–Crippen MR) is 101 cm³/mol. The van der Waals surface area contributed by atoms with Gasteiger partial charge in [0.15, 0.2) is 11.3 Å². The van der Waals surface area contributed by atoms with Crippen molar-refractivity contribution in [2.75, 3.05) is 0 Å². The maximum atomic E-state index is 12.6. The van der Waals surface area contributed by atoms with Gasteiger partial charge in [0.25, 0.3) is 0 Å². The minimum Gasteiger partial charge on any atom is -0.345 e. The van der Waals surface area contributed by atoms with Crippen molar-refractivity contribution in [3.05, 3.63) is 36.7 Å². The number of aromatic amines is 1. The van der Waals surface area contributed by atoms with Crippen LogP contribution in [0.1, 0.15) is 31.5 Å². The fourth-order valence-electron chi connectivity index (χ4n) is 4.17. The van der Waals surface area contributed by atoms with Crippen molar-refractivity contribution in [2.24, 2.45) is 13.0 Å². The summed E-state index contributed by atoms with van der Waals surface area (Å²) in [6.07, 6.45) is 7.79. The van der Waals surface area contributed by atoms with Gasteiger partial charge in [-0.3, -0.25) is 9.08 Å². The molecule has 11 heteroatoms. The minimum absolute atomic E-state index is 0.0945. The van der Waals surface area contributed by atoms with Crippen LogP contribution in [0, 0.1) is 5.92 Å². The topological polar surface area (TPSA) is 123 Å². The van der Waals surface area contributed by atoms with Crippen molar-refractivity contribution in [1.29, 1.82) is 0 Å². The summed E-state index contributed by atoms with van der Waals surface area (Å²) in [5.41, 5.74) is 2.38. The Morgan fingerprint density at radius 3 is 2.89 bits per heavy atom. The Labute approximate surface area is 161 Å². The highest BCUT2D eigenvalue weighted by atomic mass is 32.2. The number of nitrogens with zero attached hydrogens (tertiary/aromatic N) is 6. The standard InChI is InChI=1S/C17H20N8O2S/c1-10-5-11(23-28(26,27)12-7-20-24(2)9-12)6-13(10)17-22-21-15-8-19-16-14(25(15)17)3-4-18-16/h3-4,7-11,13,18,23H,5-6H2,1-2H3/t10-,11+,13?/m1/s1. The van der Waals surface area contributed by atoms with Crippen LogP contribution in [0.15, 0.2) is 35.7 Å². The molecule has 0 aromatic carbocycles. The van der Waals surface area contributed by atoms with E-state index in [1.165, 1.54) is 17.1 Å². The van der Waals surface area contributed by atoms with Gasteiger partial charge in [0, 0.05) is 31.4 Å². The first-order valence-electron chi connectivity index (χ1n) is 9.10. The molecule has 0 radical (unpaired) electrons. The van der Waals surface area contributed by atoms with E-state index in [2.05, 4.69) is 36.9 Å². The van der Waals surface area contributed by atoms with E-state index in [4.69, 9.17) is 0 Å². The number of aromatic nitrogens is 7. The Bertz CT molecular complexity index is 1270. The Balaban J connectivity index is 1.45. The zero-order valence-corrected chi connectivity index (χ0v) is 16.3. The number of hydrogen-bond acceptors (Lipinski definition) is 6. The molecule has 4 heterocycles. The second-order valence-electron chi connectivity index (χ2n) is 7.44. The second-order valence-corrected chi connectivity index (χ2v) is 9.16. The number of aryl methyl sites for hydroxylation is 1. The van der Waals surface area contributed by atoms with Crippen molar-refractivity contribution >= 4 is 26.8 Å². The average Bonchev–Trinajstić information content (AvgIpc) is 3.39. The van der Waals surface area contributed by atoms with Gasteiger partial charge in [0.1, 0.15) is 10.7 Å². The smallest absolute Gasteiger partial charge is 0.243 e. The van der Waals surface area contributed by atoms with E-state index in [9.17, 15) is 8.42 Å². The van der Waals surface area contributed by atoms with Crippen LogP contribution in [0.5, 0.6) is 0 Å². The molecule has 146 valence electrons. The number of fused-ring (bicyclic) bond motifs is 3. The maximum absolute atomic E-state index is 12.6. The molecule has 0 spiro atoms. The van der Waals surface area contributed by atoms with Crippen LogP contribution in [-0.4, -0.2) is 48.8 Å². The number of hydrogen-bond donors (Lipinski definition) is 2. The Morgan fingerprint density at radius 1 is 1.25 bits per heavy atom. The van der Waals surface area contributed by atoms with E-state index in [0.29, 0.717) is 12.1 Å². The molecular weight excluding hydrogens is 380 g/mol. The van der Waals surface area contributed by atoms with Crippen LogP contribution >= 0.6 is 0 Å². The van der Waals surface area contributed by atoms with E-state index >= 15 is 0 Å². The fourth-order valence-corrected chi connectivity index (χ4v) is 5.41. The van der Waals surface area contributed by atoms with Crippen LogP contribution in [0.25, 0.3) is 16.8 Å². The van der Waals surface area contributed by atoms with Gasteiger partial charge in [-0.2, -0.15) is 5.10 Å². The number of sulfonamides is 1. The highest BCUT2D eigenvalue weighted by Crippen LogP contribution is 2.39. The first kappa shape index (κ1) is 17.3. The normalized spacial score (nSPS) is 23.1. The van der Waals surface area contributed by atoms with Crippen LogP contribution in [0.3, 0.4) is 0 Å². The molecule has 28 heavy (non-hydrogen) atoms. The summed E-state index contributed by atoms with van der Waals surface area (Å²) in [5.74, 6) is 1.20. The second kappa shape index (κ2) is 6.11. The molecule has 3 atom stereocenters. The van der Waals surface area contributed by atoms with Crippen molar-refractivity contribution in [1.82, 2.24) is 39.1 Å². The summed E-state index contributed by atoms with van der Waals surface area (Å²) in [6, 6.07) is 1.78. The molecule has 0 amide bonds. The minimum atomic E-state index is -3.60. The van der Waals surface area contributed by atoms with Gasteiger partial charge in [0.2, 0.25) is 10.0 Å². The summed E-state index contributed by atoms with van der Waals surface area (Å²) < 4.78 is 31.6. The SMILES string of the molecule is C[C@@H]1C[C@H](NS(=O)(=O)c2cnn(C)c2)CC1c1nnc2cnc3[nH]ccc3n12. The summed E-state index contributed by atoms with van der Waals surface area (Å²) in [6.45, 7) is 2.12. The van der Waals surface area contributed by atoms with Crippen LogP contribution in [0.4, 0.5) is 0 Å². The van der Waals surface area contributed by atoms with E-state index in [1.54, 1.807) is 13.2 Å².